The highest BCUT2D eigenvalue weighted by atomic mass is 32.2. The van der Waals surface area contributed by atoms with Crippen LogP contribution in [0.25, 0.3) is 0 Å². The van der Waals surface area contributed by atoms with Crippen LogP contribution in [0.2, 0.25) is 0 Å². The van der Waals surface area contributed by atoms with Crippen LogP contribution in [0.5, 0.6) is 0 Å². The van der Waals surface area contributed by atoms with Gasteiger partial charge in [0.05, 0.1) is 7.11 Å². The number of hydrogen-bond donors (Lipinski definition) is 1. The molecule has 1 saturated heterocycles. The number of ether oxygens (including phenoxy) is 1. The molecule has 3 nitrogen and oxygen atoms in total. The van der Waals surface area contributed by atoms with Gasteiger partial charge in [-0.05, 0) is 12.2 Å². The van der Waals surface area contributed by atoms with Crippen molar-refractivity contribution < 1.29 is 14.6 Å². The van der Waals surface area contributed by atoms with E-state index in [-0.39, 0.29) is 10.7 Å². The molecular weight excluding hydrogens is 188 g/mol. The maximum atomic E-state index is 11.1. The molecule has 13 heavy (non-hydrogen) atoms. The summed E-state index contributed by atoms with van der Waals surface area (Å²) < 4.78 is 4.50. The summed E-state index contributed by atoms with van der Waals surface area (Å²) in [6, 6.07) is 0. The molecule has 0 amide bonds. The Balaban J connectivity index is 2.66. The molecule has 1 aliphatic rings. The minimum absolute atomic E-state index is 0.0185. The first-order valence-electron chi connectivity index (χ1n) is 4.39. The molecule has 1 N–H and O–H groups in total. The number of methoxy groups -OCH3 is 1. The van der Waals surface area contributed by atoms with Crippen LogP contribution >= 0.6 is 11.8 Å². The molecule has 0 aromatic rings. The summed E-state index contributed by atoms with van der Waals surface area (Å²) in [5.74, 6) is 0.511. The van der Waals surface area contributed by atoms with Gasteiger partial charge in [0.1, 0.15) is 0 Å². The second-order valence-corrected chi connectivity index (χ2v) is 5.56. The first kappa shape index (κ1) is 10.9. The third kappa shape index (κ3) is 2.17. The lowest BCUT2D eigenvalue weighted by atomic mass is 9.87. The van der Waals surface area contributed by atoms with E-state index in [0.29, 0.717) is 0 Å². The lowest BCUT2D eigenvalue weighted by Crippen LogP contribution is -2.38. The minimum atomic E-state index is -0.963. The second kappa shape index (κ2) is 3.88. The molecule has 1 fully saturated rings. The van der Waals surface area contributed by atoms with Crippen molar-refractivity contribution in [3.8, 4) is 0 Å². The fourth-order valence-corrected chi connectivity index (χ4v) is 3.09. The van der Waals surface area contributed by atoms with Crippen molar-refractivity contribution in [2.75, 3.05) is 12.9 Å². The Morgan fingerprint density at radius 1 is 1.69 bits per heavy atom. The van der Waals surface area contributed by atoms with Gasteiger partial charge in [-0.1, -0.05) is 13.8 Å². The van der Waals surface area contributed by atoms with E-state index >= 15 is 0 Å². The van der Waals surface area contributed by atoms with E-state index in [2.05, 4.69) is 18.6 Å². The Bertz CT molecular complexity index is 203. The summed E-state index contributed by atoms with van der Waals surface area (Å²) in [5, 5.41) is 9.67. The number of esters is 1. The van der Waals surface area contributed by atoms with Crippen LogP contribution in [-0.2, 0) is 9.53 Å². The topological polar surface area (TPSA) is 46.5 Å². The summed E-state index contributed by atoms with van der Waals surface area (Å²) in [6.45, 7) is 4.11. The first-order valence-corrected chi connectivity index (χ1v) is 5.37. The number of carbonyl (C=O) groups is 1. The van der Waals surface area contributed by atoms with Crippen molar-refractivity contribution in [1.82, 2.24) is 0 Å². The van der Waals surface area contributed by atoms with Gasteiger partial charge in [-0.2, -0.15) is 11.8 Å². The average molecular weight is 204 g/mol. The minimum Gasteiger partial charge on any atom is -0.467 e. The molecule has 76 valence electrons. The van der Waals surface area contributed by atoms with Gasteiger partial charge in [-0.3, -0.25) is 0 Å². The highest BCUT2D eigenvalue weighted by Gasteiger charge is 2.42. The van der Waals surface area contributed by atoms with Crippen molar-refractivity contribution in [3.63, 3.8) is 0 Å². The van der Waals surface area contributed by atoms with Gasteiger partial charge in [0.15, 0.2) is 6.10 Å². The fraction of sp³-hybridized carbons (Fsp3) is 0.889. The van der Waals surface area contributed by atoms with Crippen LogP contribution in [0, 0.1) is 5.92 Å². The average Bonchev–Trinajstić information content (AvgIpc) is 2.42. The van der Waals surface area contributed by atoms with Crippen molar-refractivity contribution in [3.05, 3.63) is 0 Å². The predicted molar refractivity (Wildman–Crippen MR) is 52.7 cm³/mol. The van der Waals surface area contributed by atoms with E-state index in [1.54, 1.807) is 11.8 Å². The van der Waals surface area contributed by atoms with Crippen LogP contribution in [0.3, 0.4) is 0 Å². The van der Waals surface area contributed by atoms with Gasteiger partial charge in [0.25, 0.3) is 0 Å². The van der Waals surface area contributed by atoms with Gasteiger partial charge in [0, 0.05) is 10.7 Å². The summed E-state index contributed by atoms with van der Waals surface area (Å²) >= 11 is 1.80. The summed E-state index contributed by atoms with van der Waals surface area (Å²) in [4.78, 5) is 11.1. The van der Waals surface area contributed by atoms with Crippen molar-refractivity contribution in [2.45, 2.75) is 31.1 Å². The maximum absolute atomic E-state index is 11.1. The SMILES string of the molecule is COC(=O)C(O)C1CCSC1(C)C. The Morgan fingerprint density at radius 3 is 2.69 bits per heavy atom. The number of aliphatic hydroxyl groups excluding tert-OH is 1. The molecule has 2 atom stereocenters. The molecule has 1 rings (SSSR count). The molecule has 0 spiro atoms. The van der Waals surface area contributed by atoms with Gasteiger partial charge in [-0.25, -0.2) is 4.79 Å². The molecule has 0 aromatic carbocycles. The number of hydrogen-bond acceptors (Lipinski definition) is 4. The zero-order chi connectivity index (χ0) is 10.1. The van der Waals surface area contributed by atoms with Crippen molar-refractivity contribution in [1.29, 1.82) is 0 Å². The van der Waals surface area contributed by atoms with E-state index in [1.807, 2.05) is 0 Å². The lowest BCUT2D eigenvalue weighted by molar-refractivity contribution is -0.153. The van der Waals surface area contributed by atoms with Crippen LogP contribution in [0.4, 0.5) is 0 Å². The van der Waals surface area contributed by atoms with Crippen LogP contribution in [-0.4, -0.2) is 34.8 Å². The smallest absolute Gasteiger partial charge is 0.335 e. The highest BCUT2D eigenvalue weighted by molar-refractivity contribution is 8.00. The Kier molecular flexibility index (Phi) is 3.24. The quantitative estimate of drug-likeness (QED) is 0.683. The fourth-order valence-electron chi connectivity index (χ4n) is 1.73. The summed E-state index contributed by atoms with van der Waals surface area (Å²) in [7, 11) is 1.31. The predicted octanol–water partition coefficient (Wildman–Crippen LogP) is 1.05. The third-order valence-corrected chi connectivity index (χ3v) is 4.11. The van der Waals surface area contributed by atoms with E-state index in [4.69, 9.17) is 0 Å². The molecule has 0 aromatic heterocycles. The summed E-state index contributed by atoms with van der Waals surface area (Å²) in [5.41, 5.74) is 0. The molecule has 1 aliphatic heterocycles. The molecular formula is C9H16O3S. The van der Waals surface area contributed by atoms with Gasteiger partial charge < -0.3 is 9.84 Å². The highest BCUT2D eigenvalue weighted by Crippen LogP contribution is 2.44. The number of carbonyl (C=O) groups excluding carboxylic acids is 1. The number of rotatable bonds is 2. The van der Waals surface area contributed by atoms with Crippen LogP contribution in [0.15, 0.2) is 0 Å². The van der Waals surface area contributed by atoms with Gasteiger partial charge >= 0.3 is 5.97 Å². The molecule has 4 heteroatoms. The first-order chi connectivity index (χ1) is 5.99. The monoisotopic (exact) mass is 204 g/mol. The molecule has 0 bridgehead atoms. The third-order valence-electron chi connectivity index (χ3n) is 2.62. The molecule has 2 unspecified atom stereocenters. The van der Waals surface area contributed by atoms with E-state index in [0.717, 1.165) is 12.2 Å². The van der Waals surface area contributed by atoms with Crippen molar-refractivity contribution >= 4 is 17.7 Å². The van der Waals surface area contributed by atoms with E-state index in [1.165, 1.54) is 7.11 Å². The van der Waals surface area contributed by atoms with Gasteiger partial charge in [-0.15, -0.1) is 0 Å². The largest absolute Gasteiger partial charge is 0.467 e. The zero-order valence-electron chi connectivity index (χ0n) is 8.24. The Morgan fingerprint density at radius 2 is 2.31 bits per heavy atom. The van der Waals surface area contributed by atoms with E-state index in [9.17, 15) is 9.90 Å². The molecule has 0 aliphatic carbocycles. The molecule has 0 radical (unpaired) electrons. The van der Waals surface area contributed by atoms with Crippen LogP contribution < -0.4 is 0 Å². The second-order valence-electron chi connectivity index (χ2n) is 3.82. The van der Waals surface area contributed by atoms with Crippen LogP contribution in [0.1, 0.15) is 20.3 Å². The normalized spacial score (nSPS) is 28.5. The number of aliphatic hydroxyl groups is 1. The van der Waals surface area contributed by atoms with Crippen molar-refractivity contribution in [2.24, 2.45) is 5.92 Å². The zero-order valence-corrected chi connectivity index (χ0v) is 9.06. The lowest BCUT2D eigenvalue weighted by Gasteiger charge is -2.28. The molecule has 1 heterocycles. The van der Waals surface area contributed by atoms with Gasteiger partial charge in [0.2, 0.25) is 0 Å². The standard InChI is InChI=1S/C9H16O3S/c1-9(2)6(4-5-13-9)7(10)8(11)12-3/h6-7,10H,4-5H2,1-3H3. The number of thioether (sulfide) groups is 1. The van der Waals surface area contributed by atoms with E-state index < -0.39 is 12.1 Å². The summed E-state index contributed by atoms with van der Waals surface area (Å²) in [6.07, 6.45) is -0.0801. The maximum Gasteiger partial charge on any atom is 0.335 e. The Hall–Kier alpha value is -0.220. The Labute approximate surface area is 82.8 Å². The molecule has 0 saturated carbocycles.